The molecule has 0 nitrogen and oxygen atoms in total. The van der Waals surface area contributed by atoms with E-state index < -0.39 is 0 Å². The quantitative estimate of drug-likeness (QED) is 0.515. The fraction of sp³-hybridized carbons (Fsp3) is 0.625. The Kier molecular flexibility index (Phi) is 4.35. The molecule has 1 fully saturated rings. The first-order chi connectivity index (χ1) is 8.83. The van der Waals surface area contributed by atoms with Crippen molar-refractivity contribution in [1.82, 2.24) is 0 Å². The van der Waals surface area contributed by atoms with Gasteiger partial charge in [-0.3, -0.25) is 0 Å². The molecular weight excluding hydrogens is 304 g/mol. The zero-order valence-electron chi connectivity index (χ0n) is 10.8. The normalized spacial score (nSPS) is 31.9. The molecule has 1 aliphatic heterocycles. The second-order valence-electron chi connectivity index (χ2n) is 5.70. The van der Waals surface area contributed by atoms with E-state index in [1.165, 1.54) is 49.8 Å². The highest BCUT2D eigenvalue weighted by atomic mass is 79.9. The van der Waals surface area contributed by atoms with E-state index in [-0.39, 0.29) is 0 Å². The first-order valence-corrected chi connectivity index (χ1v) is 9.01. The van der Waals surface area contributed by atoms with E-state index in [9.17, 15) is 0 Å². The van der Waals surface area contributed by atoms with Gasteiger partial charge < -0.3 is 0 Å². The molecule has 3 unspecified atom stereocenters. The van der Waals surface area contributed by atoms with Crippen LogP contribution in [-0.4, -0.2) is 10.1 Å². The Labute approximate surface area is 123 Å². The molecule has 0 bridgehead atoms. The molecular formula is C16H21BrS. The highest BCUT2D eigenvalue weighted by Crippen LogP contribution is 2.42. The molecule has 1 saturated carbocycles. The van der Waals surface area contributed by atoms with Gasteiger partial charge in [-0.25, -0.2) is 0 Å². The number of rotatable bonds is 2. The van der Waals surface area contributed by atoms with Crippen LogP contribution < -0.4 is 0 Å². The summed E-state index contributed by atoms with van der Waals surface area (Å²) in [7, 11) is 0. The van der Waals surface area contributed by atoms with E-state index in [0.717, 1.165) is 16.0 Å². The lowest BCUT2D eigenvalue weighted by Gasteiger charge is -2.22. The fourth-order valence-corrected chi connectivity index (χ4v) is 5.56. The highest BCUT2D eigenvalue weighted by Gasteiger charge is 2.28. The minimum atomic E-state index is 0.768. The molecule has 0 radical (unpaired) electrons. The highest BCUT2D eigenvalue weighted by molar-refractivity contribution is 9.09. The molecule has 1 aromatic rings. The predicted molar refractivity (Wildman–Crippen MR) is 83.7 cm³/mol. The Bertz CT molecular complexity index is 379. The predicted octanol–water partition coefficient (Wildman–Crippen LogP) is 5.44. The lowest BCUT2D eigenvalue weighted by Crippen LogP contribution is -2.18. The number of hydrogen-bond donors (Lipinski definition) is 0. The third-order valence-electron chi connectivity index (χ3n) is 4.35. The maximum Gasteiger partial charge on any atom is 0.0174 e. The Morgan fingerprint density at radius 1 is 1.11 bits per heavy atom. The van der Waals surface area contributed by atoms with Gasteiger partial charge in [0.05, 0.1) is 0 Å². The molecule has 3 rings (SSSR count). The van der Waals surface area contributed by atoms with Gasteiger partial charge in [-0.15, -0.1) is 11.8 Å². The second-order valence-corrected chi connectivity index (χ2v) is 8.22. The van der Waals surface area contributed by atoms with E-state index in [4.69, 9.17) is 0 Å². The van der Waals surface area contributed by atoms with E-state index >= 15 is 0 Å². The van der Waals surface area contributed by atoms with Crippen molar-refractivity contribution >= 4 is 27.7 Å². The fourth-order valence-electron chi connectivity index (χ4n) is 3.33. The Hall–Kier alpha value is 0.0500. The summed E-state index contributed by atoms with van der Waals surface area (Å²) in [5.41, 5.74) is 1.58. The molecule has 1 aliphatic carbocycles. The molecule has 0 amide bonds. The van der Waals surface area contributed by atoms with Gasteiger partial charge in [-0.2, -0.15) is 0 Å². The van der Waals surface area contributed by atoms with Gasteiger partial charge in [0.2, 0.25) is 0 Å². The number of thioether (sulfide) groups is 1. The van der Waals surface area contributed by atoms with E-state index in [1.807, 2.05) is 0 Å². The molecule has 18 heavy (non-hydrogen) atoms. The summed E-state index contributed by atoms with van der Waals surface area (Å²) in [6, 6.07) is 8.95. The van der Waals surface area contributed by atoms with Gasteiger partial charge in [0.1, 0.15) is 0 Å². The van der Waals surface area contributed by atoms with Gasteiger partial charge in [0.15, 0.2) is 0 Å². The average molecular weight is 325 g/mol. The largest absolute Gasteiger partial charge is 0.122 e. The van der Waals surface area contributed by atoms with Crippen LogP contribution in [0, 0.1) is 5.92 Å². The molecule has 0 N–H and O–H groups in total. The lowest BCUT2D eigenvalue weighted by atomic mass is 9.93. The van der Waals surface area contributed by atoms with Gasteiger partial charge in [0.25, 0.3) is 0 Å². The molecule has 3 atom stereocenters. The average Bonchev–Trinajstić information content (AvgIpc) is 2.68. The van der Waals surface area contributed by atoms with Gasteiger partial charge in [-0.1, -0.05) is 53.4 Å². The van der Waals surface area contributed by atoms with Crippen molar-refractivity contribution in [2.24, 2.45) is 5.92 Å². The summed E-state index contributed by atoms with van der Waals surface area (Å²) >= 11 is 6.06. The zero-order chi connectivity index (χ0) is 12.4. The van der Waals surface area contributed by atoms with E-state index in [2.05, 4.69) is 52.0 Å². The smallest absolute Gasteiger partial charge is 0.0174 e. The van der Waals surface area contributed by atoms with Crippen LogP contribution in [0.1, 0.15) is 44.1 Å². The zero-order valence-corrected chi connectivity index (χ0v) is 13.2. The van der Waals surface area contributed by atoms with Crippen molar-refractivity contribution in [1.29, 1.82) is 0 Å². The summed E-state index contributed by atoms with van der Waals surface area (Å²) in [6.07, 6.45) is 9.81. The SMILES string of the molecule is BrC1CCCCCC1CC1Cc2ccccc2S1. The second kappa shape index (κ2) is 6.00. The third kappa shape index (κ3) is 2.96. The molecule has 0 spiro atoms. The number of hydrogen-bond acceptors (Lipinski definition) is 1. The molecule has 2 aliphatic rings. The van der Waals surface area contributed by atoms with Crippen LogP contribution in [0.5, 0.6) is 0 Å². The van der Waals surface area contributed by atoms with Gasteiger partial charge in [-0.05, 0) is 43.2 Å². The molecule has 98 valence electrons. The minimum Gasteiger partial charge on any atom is -0.122 e. The Morgan fingerprint density at radius 3 is 2.83 bits per heavy atom. The maximum atomic E-state index is 3.94. The van der Waals surface area contributed by atoms with Crippen LogP contribution in [0.15, 0.2) is 29.2 Å². The van der Waals surface area contributed by atoms with Gasteiger partial charge >= 0.3 is 0 Å². The van der Waals surface area contributed by atoms with Crippen LogP contribution >= 0.6 is 27.7 Å². The number of alkyl halides is 1. The molecule has 2 heteroatoms. The molecule has 0 saturated heterocycles. The summed E-state index contributed by atoms with van der Waals surface area (Å²) in [4.78, 5) is 2.30. The van der Waals surface area contributed by atoms with E-state index in [0.29, 0.717) is 0 Å². The van der Waals surface area contributed by atoms with Crippen molar-refractivity contribution < 1.29 is 0 Å². The minimum absolute atomic E-state index is 0.768. The number of benzene rings is 1. The molecule has 1 heterocycles. The molecule has 1 aromatic carbocycles. The van der Waals surface area contributed by atoms with Crippen molar-refractivity contribution in [2.75, 3.05) is 0 Å². The number of fused-ring (bicyclic) bond motifs is 1. The van der Waals surface area contributed by atoms with Crippen molar-refractivity contribution in [3.63, 3.8) is 0 Å². The van der Waals surface area contributed by atoms with Crippen LogP contribution in [0.4, 0.5) is 0 Å². The van der Waals surface area contributed by atoms with Crippen LogP contribution in [0.3, 0.4) is 0 Å². The number of halogens is 1. The molecule has 0 aromatic heterocycles. The van der Waals surface area contributed by atoms with Gasteiger partial charge in [0, 0.05) is 15.0 Å². The Morgan fingerprint density at radius 2 is 1.94 bits per heavy atom. The first kappa shape index (κ1) is 13.1. The summed E-state index contributed by atoms with van der Waals surface area (Å²) < 4.78 is 0. The van der Waals surface area contributed by atoms with Crippen LogP contribution in [0.2, 0.25) is 0 Å². The summed E-state index contributed by atoms with van der Waals surface area (Å²) in [6.45, 7) is 0. The van der Waals surface area contributed by atoms with Crippen molar-refractivity contribution in [3.05, 3.63) is 29.8 Å². The Balaban J connectivity index is 1.61. The third-order valence-corrected chi connectivity index (χ3v) is 6.90. The van der Waals surface area contributed by atoms with Crippen LogP contribution in [0.25, 0.3) is 0 Å². The van der Waals surface area contributed by atoms with E-state index in [1.54, 1.807) is 5.56 Å². The topological polar surface area (TPSA) is 0 Å². The van der Waals surface area contributed by atoms with Crippen molar-refractivity contribution in [3.8, 4) is 0 Å². The monoisotopic (exact) mass is 324 g/mol. The maximum absolute atomic E-state index is 3.94. The van der Waals surface area contributed by atoms with Crippen LogP contribution in [-0.2, 0) is 6.42 Å². The standard InChI is InChI=1S/C16H21BrS/c17-15-8-3-1-2-6-12(15)10-14-11-13-7-4-5-9-16(13)18-14/h4-5,7,9,12,14-15H,1-3,6,8,10-11H2. The summed E-state index contributed by atoms with van der Waals surface area (Å²) in [5, 5.41) is 0.825. The lowest BCUT2D eigenvalue weighted by molar-refractivity contribution is 0.438. The summed E-state index contributed by atoms with van der Waals surface area (Å²) in [5.74, 6) is 0.902. The van der Waals surface area contributed by atoms with Crippen molar-refractivity contribution in [2.45, 2.75) is 59.9 Å². The first-order valence-electron chi connectivity index (χ1n) is 7.21.